The molecule has 1 aromatic carbocycles. The van der Waals surface area contributed by atoms with Crippen LogP contribution in [0.5, 0.6) is 0 Å². The number of para-hydroxylation sites is 1. The zero-order chi connectivity index (χ0) is 6.10. The number of hydrogen-bond donors (Lipinski definition) is 1. The van der Waals surface area contributed by atoms with Crippen molar-refractivity contribution in [1.29, 1.82) is 0 Å². The monoisotopic (exact) mass is 116 g/mol. The van der Waals surface area contributed by atoms with E-state index in [1.54, 1.807) is 0 Å². The molecule has 0 aliphatic rings. The summed E-state index contributed by atoms with van der Waals surface area (Å²) in [5, 5.41) is 1.15. The van der Waals surface area contributed by atoms with Crippen molar-refractivity contribution in [3.05, 3.63) is 36.5 Å². The molecular formula is C8H6N. The van der Waals surface area contributed by atoms with E-state index in [0.29, 0.717) is 0 Å². The molecule has 1 heterocycles. The summed E-state index contributed by atoms with van der Waals surface area (Å²) < 4.78 is 0. The predicted octanol–water partition coefficient (Wildman–Crippen LogP) is 1.97. The molecule has 2 aromatic rings. The van der Waals surface area contributed by atoms with Crippen LogP contribution in [0.15, 0.2) is 30.5 Å². The van der Waals surface area contributed by atoms with Crippen LogP contribution >= 0.6 is 0 Å². The molecule has 0 spiro atoms. The minimum Gasteiger partial charge on any atom is -0.361 e. The number of hydrogen-bond acceptors (Lipinski definition) is 0. The molecule has 43 valence electrons. The van der Waals surface area contributed by atoms with Crippen LogP contribution in [0.4, 0.5) is 0 Å². The maximum Gasteiger partial charge on any atom is 0.0460 e. The average Bonchev–Trinajstić information content (AvgIpc) is 2.33. The van der Waals surface area contributed by atoms with Crippen molar-refractivity contribution in [1.82, 2.24) is 4.98 Å². The van der Waals surface area contributed by atoms with Crippen LogP contribution in [0.2, 0.25) is 0 Å². The third-order valence-corrected chi connectivity index (χ3v) is 1.38. The molecule has 1 N–H and O–H groups in total. The lowest BCUT2D eigenvalue weighted by Gasteiger charge is -1.82. The van der Waals surface area contributed by atoms with Crippen LogP contribution in [0.25, 0.3) is 10.9 Å². The van der Waals surface area contributed by atoms with Crippen LogP contribution in [0.3, 0.4) is 0 Å². The molecule has 0 aliphatic carbocycles. The van der Waals surface area contributed by atoms with E-state index < -0.39 is 0 Å². The summed E-state index contributed by atoms with van der Waals surface area (Å²) >= 11 is 0. The van der Waals surface area contributed by atoms with Crippen LogP contribution < -0.4 is 0 Å². The van der Waals surface area contributed by atoms with E-state index in [0.717, 1.165) is 10.9 Å². The lowest BCUT2D eigenvalue weighted by molar-refractivity contribution is 1.47. The number of aromatic nitrogens is 1. The molecule has 2 rings (SSSR count). The summed E-state index contributed by atoms with van der Waals surface area (Å²) in [6.07, 6.45) is 1.82. The largest absolute Gasteiger partial charge is 0.361 e. The molecular weight excluding hydrogens is 110 g/mol. The highest BCUT2D eigenvalue weighted by Gasteiger charge is 1.87. The van der Waals surface area contributed by atoms with Gasteiger partial charge in [-0.15, -0.1) is 0 Å². The summed E-state index contributed by atoms with van der Waals surface area (Å²) in [6.45, 7) is 0. The Balaban J connectivity index is 2.95. The van der Waals surface area contributed by atoms with Gasteiger partial charge in [-0.3, -0.25) is 0 Å². The second kappa shape index (κ2) is 1.62. The third kappa shape index (κ3) is 0.617. The first-order valence-electron chi connectivity index (χ1n) is 2.90. The SMILES string of the molecule is [c]1c[nH]c2ccccc12. The molecule has 0 unspecified atom stereocenters. The standard InChI is InChI=1S/C8H6N/c1-2-4-8-7(3-1)5-6-9-8/h1-4,6,9H. The number of benzene rings is 1. The minimum absolute atomic E-state index is 1.15. The van der Waals surface area contributed by atoms with Crippen molar-refractivity contribution in [2.75, 3.05) is 0 Å². The van der Waals surface area contributed by atoms with Gasteiger partial charge in [0.25, 0.3) is 0 Å². The van der Waals surface area contributed by atoms with Gasteiger partial charge >= 0.3 is 0 Å². The highest BCUT2D eigenvalue weighted by molar-refractivity contribution is 5.78. The first kappa shape index (κ1) is 4.62. The fourth-order valence-corrected chi connectivity index (χ4v) is 0.926. The molecule has 1 heteroatoms. The van der Waals surface area contributed by atoms with Gasteiger partial charge in [-0.2, -0.15) is 0 Å². The Morgan fingerprint density at radius 1 is 1.22 bits per heavy atom. The first-order chi connectivity index (χ1) is 4.47. The van der Waals surface area contributed by atoms with Crippen LogP contribution in [-0.4, -0.2) is 4.98 Å². The third-order valence-electron chi connectivity index (χ3n) is 1.38. The van der Waals surface area contributed by atoms with Crippen molar-refractivity contribution >= 4 is 10.9 Å². The molecule has 0 atom stereocenters. The number of rotatable bonds is 0. The number of aromatic amines is 1. The quantitative estimate of drug-likeness (QED) is 0.541. The number of nitrogens with one attached hydrogen (secondary N) is 1. The van der Waals surface area contributed by atoms with Crippen LogP contribution in [0.1, 0.15) is 0 Å². The van der Waals surface area contributed by atoms with Crippen molar-refractivity contribution in [3.63, 3.8) is 0 Å². The Kier molecular flexibility index (Phi) is 0.833. The zero-order valence-corrected chi connectivity index (χ0v) is 4.89. The Labute approximate surface area is 53.3 Å². The average molecular weight is 116 g/mol. The van der Waals surface area contributed by atoms with Gasteiger partial charge in [0.2, 0.25) is 0 Å². The lowest BCUT2D eigenvalue weighted by Crippen LogP contribution is -1.61. The minimum atomic E-state index is 1.15. The predicted molar refractivity (Wildman–Crippen MR) is 37.1 cm³/mol. The lowest BCUT2D eigenvalue weighted by atomic mass is 10.3. The zero-order valence-electron chi connectivity index (χ0n) is 4.89. The second-order valence-electron chi connectivity index (χ2n) is 1.98. The maximum atomic E-state index is 3.06. The molecule has 1 nitrogen and oxygen atoms in total. The van der Waals surface area contributed by atoms with E-state index >= 15 is 0 Å². The van der Waals surface area contributed by atoms with Gasteiger partial charge in [-0.05, 0) is 6.07 Å². The molecule has 0 saturated carbocycles. The van der Waals surface area contributed by atoms with Crippen molar-refractivity contribution < 1.29 is 0 Å². The first-order valence-corrected chi connectivity index (χ1v) is 2.90. The highest BCUT2D eigenvalue weighted by Crippen LogP contribution is 2.08. The van der Waals surface area contributed by atoms with Crippen LogP contribution in [-0.2, 0) is 0 Å². The van der Waals surface area contributed by atoms with E-state index in [9.17, 15) is 0 Å². The summed E-state index contributed by atoms with van der Waals surface area (Å²) in [7, 11) is 0. The Bertz CT molecular complexity index is 279. The van der Waals surface area contributed by atoms with Gasteiger partial charge in [0, 0.05) is 23.2 Å². The van der Waals surface area contributed by atoms with E-state index in [1.807, 2.05) is 30.5 Å². The fourth-order valence-electron chi connectivity index (χ4n) is 0.926. The fraction of sp³-hybridized carbons (Fsp3) is 0. The van der Waals surface area contributed by atoms with E-state index in [2.05, 4.69) is 11.1 Å². The maximum absolute atomic E-state index is 3.06. The normalized spacial score (nSPS) is 10.2. The van der Waals surface area contributed by atoms with Crippen molar-refractivity contribution in [2.24, 2.45) is 0 Å². The molecule has 0 fully saturated rings. The summed E-state index contributed by atoms with van der Waals surface area (Å²) in [4.78, 5) is 3.06. The van der Waals surface area contributed by atoms with Gasteiger partial charge < -0.3 is 4.98 Å². The van der Waals surface area contributed by atoms with Crippen LogP contribution in [0, 0.1) is 6.07 Å². The summed E-state index contributed by atoms with van der Waals surface area (Å²) in [5.74, 6) is 0. The molecule has 1 radical (unpaired) electrons. The smallest absolute Gasteiger partial charge is 0.0460 e. The van der Waals surface area contributed by atoms with E-state index in [4.69, 9.17) is 0 Å². The van der Waals surface area contributed by atoms with E-state index in [1.165, 1.54) is 0 Å². The molecule has 0 amide bonds. The van der Waals surface area contributed by atoms with Crippen molar-refractivity contribution in [3.8, 4) is 0 Å². The summed E-state index contributed by atoms with van der Waals surface area (Å²) in [6, 6.07) is 11.1. The molecule has 0 aliphatic heterocycles. The Hall–Kier alpha value is -1.24. The number of fused-ring (bicyclic) bond motifs is 1. The van der Waals surface area contributed by atoms with Gasteiger partial charge in [-0.1, -0.05) is 18.2 Å². The van der Waals surface area contributed by atoms with Gasteiger partial charge in [0.15, 0.2) is 0 Å². The van der Waals surface area contributed by atoms with Crippen molar-refractivity contribution in [2.45, 2.75) is 0 Å². The molecule has 9 heavy (non-hydrogen) atoms. The summed E-state index contributed by atoms with van der Waals surface area (Å²) in [5.41, 5.74) is 1.15. The number of H-pyrrole nitrogens is 1. The molecule has 0 saturated heterocycles. The van der Waals surface area contributed by atoms with Gasteiger partial charge in [0.1, 0.15) is 0 Å². The topological polar surface area (TPSA) is 15.8 Å². The molecule has 0 bridgehead atoms. The Morgan fingerprint density at radius 3 is 3.00 bits per heavy atom. The Morgan fingerprint density at radius 2 is 2.11 bits per heavy atom. The van der Waals surface area contributed by atoms with Gasteiger partial charge in [-0.25, -0.2) is 0 Å². The second-order valence-corrected chi connectivity index (χ2v) is 1.98. The van der Waals surface area contributed by atoms with E-state index in [-0.39, 0.29) is 0 Å². The highest BCUT2D eigenvalue weighted by atomic mass is 14.6. The molecule has 1 aromatic heterocycles. The van der Waals surface area contributed by atoms with Gasteiger partial charge in [0.05, 0.1) is 0 Å².